The van der Waals surface area contributed by atoms with Gasteiger partial charge in [0.15, 0.2) is 0 Å². The predicted octanol–water partition coefficient (Wildman–Crippen LogP) is 1.33. The quantitative estimate of drug-likeness (QED) is 0.820. The van der Waals surface area contributed by atoms with Gasteiger partial charge in [-0.3, -0.25) is 4.79 Å². The zero-order chi connectivity index (χ0) is 14.5. The number of rotatable bonds is 4. The number of pyridine rings is 1. The molecule has 2 aliphatic heterocycles. The van der Waals surface area contributed by atoms with Crippen molar-refractivity contribution >= 4 is 11.7 Å². The SMILES string of the molecule is O=C(NCC1=CCNCC1)c1cccnc1N1CCCC1. The standard InChI is InChI=1S/C16H22N4O/c21-16(19-12-13-5-8-17-9-6-13)14-4-3-7-18-15(14)20-10-1-2-11-20/h3-5,7,17H,1-2,6,8-12H2,(H,19,21). The van der Waals surface area contributed by atoms with Gasteiger partial charge in [-0.1, -0.05) is 11.6 Å². The summed E-state index contributed by atoms with van der Waals surface area (Å²) in [5.41, 5.74) is 1.99. The molecule has 1 aromatic rings. The Bertz CT molecular complexity index is 535. The van der Waals surface area contributed by atoms with Crippen LogP contribution in [0.2, 0.25) is 0 Å². The Kier molecular flexibility index (Phi) is 4.50. The highest BCUT2D eigenvalue weighted by atomic mass is 16.1. The minimum absolute atomic E-state index is 0.0237. The third-order valence-electron chi connectivity index (χ3n) is 4.07. The summed E-state index contributed by atoms with van der Waals surface area (Å²) in [5.74, 6) is 0.802. The van der Waals surface area contributed by atoms with Crippen molar-refractivity contribution in [3.63, 3.8) is 0 Å². The third-order valence-corrected chi connectivity index (χ3v) is 4.07. The van der Waals surface area contributed by atoms with Crippen molar-refractivity contribution in [1.82, 2.24) is 15.6 Å². The maximum Gasteiger partial charge on any atom is 0.255 e. The minimum atomic E-state index is -0.0237. The van der Waals surface area contributed by atoms with E-state index in [4.69, 9.17) is 0 Å². The molecule has 0 saturated carbocycles. The molecule has 1 saturated heterocycles. The molecule has 2 aliphatic rings. The van der Waals surface area contributed by atoms with Gasteiger partial charge in [-0.15, -0.1) is 0 Å². The summed E-state index contributed by atoms with van der Waals surface area (Å²) in [6.07, 6.45) is 7.29. The van der Waals surface area contributed by atoms with Crippen LogP contribution in [0.3, 0.4) is 0 Å². The van der Waals surface area contributed by atoms with Crippen LogP contribution in [0.4, 0.5) is 5.82 Å². The maximum atomic E-state index is 12.4. The molecule has 5 nitrogen and oxygen atoms in total. The van der Waals surface area contributed by atoms with Crippen LogP contribution in [0.25, 0.3) is 0 Å². The number of hydrogen-bond acceptors (Lipinski definition) is 4. The van der Waals surface area contributed by atoms with E-state index >= 15 is 0 Å². The van der Waals surface area contributed by atoms with E-state index in [-0.39, 0.29) is 5.91 Å². The van der Waals surface area contributed by atoms with E-state index in [1.165, 1.54) is 18.4 Å². The zero-order valence-corrected chi connectivity index (χ0v) is 12.3. The van der Waals surface area contributed by atoms with Crippen LogP contribution in [0, 0.1) is 0 Å². The Morgan fingerprint density at radius 3 is 3.00 bits per heavy atom. The third kappa shape index (κ3) is 3.42. The molecule has 5 heteroatoms. The highest BCUT2D eigenvalue weighted by molar-refractivity contribution is 5.99. The van der Waals surface area contributed by atoms with E-state index < -0.39 is 0 Å². The molecule has 0 aromatic carbocycles. The fraction of sp³-hybridized carbons (Fsp3) is 0.500. The molecule has 0 bridgehead atoms. The van der Waals surface area contributed by atoms with Gasteiger partial charge in [-0.2, -0.15) is 0 Å². The average molecular weight is 286 g/mol. The summed E-state index contributed by atoms with van der Waals surface area (Å²) in [6, 6.07) is 3.70. The van der Waals surface area contributed by atoms with Crippen LogP contribution < -0.4 is 15.5 Å². The summed E-state index contributed by atoms with van der Waals surface area (Å²) in [7, 11) is 0. The normalized spacial score (nSPS) is 18.5. The van der Waals surface area contributed by atoms with Gasteiger partial charge in [0, 0.05) is 32.4 Å². The number of carbonyl (C=O) groups is 1. The second-order valence-electron chi connectivity index (χ2n) is 5.57. The van der Waals surface area contributed by atoms with Crippen LogP contribution >= 0.6 is 0 Å². The highest BCUT2D eigenvalue weighted by Gasteiger charge is 2.20. The topological polar surface area (TPSA) is 57.3 Å². The molecule has 21 heavy (non-hydrogen) atoms. The van der Waals surface area contributed by atoms with E-state index in [0.717, 1.165) is 38.4 Å². The summed E-state index contributed by atoms with van der Waals surface area (Å²) >= 11 is 0. The summed E-state index contributed by atoms with van der Waals surface area (Å²) in [6.45, 7) is 4.52. The Hall–Kier alpha value is -1.88. The lowest BCUT2D eigenvalue weighted by atomic mass is 10.1. The number of carbonyl (C=O) groups excluding carboxylic acids is 1. The molecule has 3 rings (SSSR count). The van der Waals surface area contributed by atoms with E-state index in [1.807, 2.05) is 12.1 Å². The smallest absolute Gasteiger partial charge is 0.255 e. The lowest BCUT2D eigenvalue weighted by molar-refractivity contribution is 0.0957. The molecule has 1 amide bonds. The lowest BCUT2D eigenvalue weighted by Crippen LogP contribution is -2.31. The van der Waals surface area contributed by atoms with E-state index in [2.05, 4.69) is 26.6 Å². The minimum Gasteiger partial charge on any atom is -0.356 e. The van der Waals surface area contributed by atoms with Crippen molar-refractivity contribution in [3.05, 3.63) is 35.5 Å². The van der Waals surface area contributed by atoms with E-state index in [1.54, 1.807) is 6.20 Å². The zero-order valence-electron chi connectivity index (χ0n) is 12.3. The second-order valence-corrected chi connectivity index (χ2v) is 5.57. The lowest BCUT2D eigenvalue weighted by Gasteiger charge is -2.20. The molecule has 1 aromatic heterocycles. The van der Waals surface area contributed by atoms with Crippen LogP contribution in [0.15, 0.2) is 30.0 Å². The van der Waals surface area contributed by atoms with Gasteiger partial charge in [0.25, 0.3) is 5.91 Å². The monoisotopic (exact) mass is 286 g/mol. The molecule has 1 fully saturated rings. The molecule has 0 radical (unpaired) electrons. The van der Waals surface area contributed by atoms with E-state index in [9.17, 15) is 4.79 Å². The Morgan fingerprint density at radius 2 is 2.24 bits per heavy atom. The summed E-state index contributed by atoms with van der Waals surface area (Å²) < 4.78 is 0. The van der Waals surface area contributed by atoms with Crippen LogP contribution in [-0.2, 0) is 0 Å². The van der Waals surface area contributed by atoms with Crippen LogP contribution in [0.5, 0.6) is 0 Å². The first kappa shape index (κ1) is 14.1. The van der Waals surface area contributed by atoms with Gasteiger partial charge in [-0.25, -0.2) is 4.98 Å². The van der Waals surface area contributed by atoms with Crippen molar-refractivity contribution in [3.8, 4) is 0 Å². The van der Waals surface area contributed by atoms with Crippen LogP contribution in [0.1, 0.15) is 29.6 Å². The van der Waals surface area contributed by atoms with Crippen LogP contribution in [-0.4, -0.2) is 43.6 Å². The van der Waals surface area contributed by atoms with E-state index in [0.29, 0.717) is 12.1 Å². The number of amides is 1. The summed E-state index contributed by atoms with van der Waals surface area (Å²) in [4.78, 5) is 19.1. The van der Waals surface area contributed by atoms with Crippen molar-refractivity contribution in [1.29, 1.82) is 0 Å². The number of aromatic nitrogens is 1. The van der Waals surface area contributed by atoms with Crippen molar-refractivity contribution < 1.29 is 4.79 Å². The second kappa shape index (κ2) is 6.72. The van der Waals surface area contributed by atoms with Gasteiger partial charge in [-0.05, 0) is 37.9 Å². The molecule has 0 unspecified atom stereocenters. The summed E-state index contributed by atoms with van der Waals surface area (Å²) in [5, 5.41) is 6.31. The first-order valence-corrected chi connectivity index (χ1v) is 7.71. The van der Waals surface area contributed by atoms with Gasteiger partial charge >= 0.3 is 0 Å². The molecule has 112 valence electrons. The fourth-order valence-corrected chi connectivity index (χ4v) is 2.87. The maximum absolute atomic E-state index is 12.4. The molecular weight excluding hydrogens is 264 g/mol. The van der Waals surface area contributed by atoms with Gasteiger partial charge in [0.2, 0.25) is 0 Å². The van der Waals surface area contributed by atoms with Crippen molar-refractivity contribution in [2.75, 3.05) is 37.6 Å². The first-order chi connectivity index (χ1) is 10.3. The molecule has 0 spiro atoms. The highest BCUT2D eigenvalue weighted by Crippen LogP contribution is 2.21. The largest absolute Gasteiger partial charge is 0.356 e. The predicted molar refractivity (Wildman–Crippen MR) is 83.6 cm³/mol. The average Bonchev–Trinajstić information content (AvgIpc) is 3.08. The number of nitrogens with one attached hydrogen (secondary N) is 2. The van der Waals surface area contributed by atoms with Gasteiger partial charge in [0.1, 0.15) is 5.82 Å². The number of nitrogens with zero attached hydrogens (tertiary/aromatic N) is 2. The number of anilines is 1. The molecule has 3 heterocycles. The molecular formula is C16H22N4O. The Morgan fingerprint density at radius 1 is 1.38 bits per heavy atom. The van der Waals surface area contributed by atoms with Gasteiger partial charge in [0.05, 0.1) is 5.56 Å². The number of hydrogen-bond donors (Lipinski definition) is 2. The molecule has 2 N–H and O–H groups in total. The van der Waals surface area contributed by atoms with Crippen molar-refractivity contribution in [2.24, 2.45) is 0 Å². The fourth-order valence-electron chi connectivity index (χ4n) is 2.87. The molecule has 0 atom stereocenters. The van der Waals surface area contributed by atoms with Crippen molar-refractivity contribution in [2.45, 2.75) is 19.3 Å². The Balaban J connectivity index is 1.67. The Labute approximate surface area is 125 Å². The molecule has 0 aliphatic carbocycles. The first-order valence-electron chi connectivity index (χ1n) is 7.71. The van der Waals surface area contributed by atoms with Gasteiger partial charge < -0.3 is 15.5 Å².